The Kier molecular flexibility index (Phi) is 5.63. The molecule has 1 aliphatic rings. The van der Waals surface area contributed by atoms with E-state index in [4.69, 9.17) is 4.74 Å². The van der Waals surface area contributed by atoms with Gasteiger partial charge < -0.3 is 20.3 Å². The Bertz CT molecular complexity index is 926. The number of nitrogens with zero attached hydrogens (tertiary/aromatic N) is 4. The van der Waals surface area contributed by atoms with Crippen LogP contribution in [0.25, 0.3) is 0 Å². The minimum Gasteiger partial charge on any atom is -0.378 e. The van der Waals surface area contributed by atoms with Crippen LogP contribution >= 0.6 is 0 Å². The zero-order valence-corrected chi connectivity index (χ0v) is 15.9. The van der Waals surface area contributed by atoms with E-state index < -0.39 is 0 Å². The summed E-state index contributed by atoms with van der Waals surface area (Å²) in [4.78, 5) is 6.88. The van der Waals surface area contributed by atoms with Crippen molar-refractivity contribution < 1.29 is 4.74 Å². The number of rotatable bonds is 6. The van der Waals surface area contributed by atoms with Gasteiger partial charge in [-0.15, -0.1) is 5.10 Å². The van der Waals surface area contributed by atoms with Crippen LogP contribution in [-0.4, -0.2) is 41.5 Å². The molecule has 4 rings (SSSR count). The summed E-state index contributed by atoms with van der Waals surface area (Å²) in [6.45, 7) is 6.00. The second-order valence-corrected chi connectivity index (χ2v) is 6.69. The number of hydrogen-bond donors (Lipinski definition) is 2. The maximum Gasteiger partial charge on any atom is 0.244 e. The predicted molar refractivity (Wildman–Crippen MR) is 111 cm³/mol. The maximum atomic E-state index is 5.47. The van der Waals surface area contributed by atoms with Crippen molar-refractivity contribution in [2.45, 2.75) is 13.5 Å². The van der Waals surface area contributed by atoms with E-state index in [-0.39, 0.29) is 0 Å². The lowest BCUT2D eigenvalue weighted by molar-refractivity contribution is 0.123. The topological polar surface area (TPSA) is 75.2 Å². The molecule has 2 aromatic carbocycles. The number of anilines is 4. The van der Waals surface area contributed by atoms with E-state index in [1.807, 2.05) is 30.3 Å². The first kappa shape index (κ1) is 18.2. The average Bonchev–Trinajstić information content (AvgIpc) is 2.74. The molecule has 7 heteroatoms. The molecular formula is C21H24N6O. The molecular weight excluding hydrogens is 352 g/mol. The SMILES string of the molecule is Cc1ccccc1CNc1nncc(Nc2ccccc2N2CCOCC2)n1. The third-order valence-corrected chi connectivity index (χ3v) is 4.78. The first-order valence-corrected chi connectivity index (χ1v) is 9.46. The summed E-state index contributed by atoms with van der Waals surface area (Å²) >= 11 is 0. The Morgan fingerprint density at radius 1 is 1.04 bits per heavy atom. The second kappa shape index (κ2) is 8.67. The number of benzene rings is 2. The molecule has 0 radical (unpaired) electrons. The summed E-state index contributed by atoms with van der Waals surface area (Å²) in [6, 6.07) is 16.5. The van der Waals surface area contributed by atoms with Gasteiger partial charge in [-0.3, -0.25) is 0 Å². The van der Waals surface area contributed by atoms with E-state index in [9.17, 15) is 0 Å². The Balaban J connectivity index is 1.47. The Hall–Kier alpha value is -3.19. The summed E-state index contributed by atoms with van der Waals surface area (Å²) in [7, 11) is 0. The zero-order chi connectivity index (χ0) is 19.2. The molecule has 144 valence electrons. The average molecular weight is 376 g/mol. The molecule has 7 nitrogen and oxygen atoms in total. The van der Waals surface area contributed by atoms with Gasteiger partial charge in [0.15, 0.2) is 5.82 Å². The van der Waals surface area contributed by atoms with Gasteiger partial charge in [0.05, 0.1) is 30.8 Å². The third-order valence-electron chi connectivity index (χ3n) is 4.78. The molecule has 0 atom stereocenters. The first-order chi connectivity index (χ1) is 13.8. The van der Waals surface area contributed by atoms with Crippen molar-refractivity contribution in [3.63, 3.8) is 0 Å². The summed E-state index contributed by atoms with van der Waals surface area (Å²) < 4.78 is 5.47. The van der Waals surface area contributed by atoms with Crippen molar-refractivity contribution in [1.82, 2.24) is 15.2 Å². The van der Waals surface area contributed by atoms with E-state index >= 15 is 0 Å². The van der Waals surface area contributed by atoms with Gasteiger partial charge in [0.25, 0.3) is 0 Å². The molecule has 1 fully saturated rings. The fourth-order valence-corrected chi connectivity index (χ4v) is 3.22. The van der Waals surface area contributed by atoms with Gasteiger partial charge in [-0.05, 0) is 30.2 Å². The quantitative estimate of drug-likeness (QED) is 0.683. The van der Waals surface area contributed by atoms with Crippen molar-refractivity contribution in [3.05, 3.63) is 65.9 Å². The molecule has 0 amide bonds. The number of morpholine rings is 1. The normalized spacial score (nSPS) is 14.0. The summed E-state index contributed by atoms with van der Waals surface area (Å²) in [5.41, 5.74) is 4.58. The number of nitrogens with one attached hydrogen (secondary N) is 2. The van der Waals surface area contributed by atoms with Gasteiger partial charge in [0.2, 0.25) is 5.95 Å². The van der Waals surface area contributed by atoms with Gasteiger partial charge in [-0.1, -0.05) is 36.4 Å². The predicted octanol–water partition coefficient (Wildman–Crippen LogP) is 3.37. The van der Waals surface area contributed by atoms with Crippen LogP contribution in [0.5, 0.6) is 0 Å². The minimum atomic E-state index is 0.497. The van der Waals surface area contributed by atoms with Crippen molar-refractivity contribution >= 4 is 23.1 Å². The number of hydrogen-bond acceptors (Lipinski definition) is 7. The largest absolute Gasteiger partial charge is 0.378 e. The van der Waals surface area contributed by atoms with E-state index in [0.717, 1.165) is 37.7 Å². The van der Waals surface area contributed by atoms with Gasteiger partial charge in [-0.25, -0.2) is 0 Å². The number of ether oxygens (including phenoxy) is 1. The smallest absolute Gasteiger partial charge is 0.244 e. The van der Waals surface area contributed by atoms with Gasteiger partial charge in [0, 0.05) is 19.6 Å². The number of para-hydroxylation sites is 2. The van der Waals surface area contributed by atoms with Crippen molar-refractivity contribution in [1.29, 1.82) is 0 Å². The molecule has 3 aromatic rings. The van der Waals surface area contributed by atoms with Crippen molar-refractivity contribution in [2.24, 2.45) is 0 Å². The van der Waals surface area contributed by atoms with Gasteiger partial charge in [-0.2, -0.15) is 10.1 Å². The molecule has 2 heterocycles. The second-order valence-electron chi connectivity index (χ2n) is 6.69. The van der Waals surface area contributed by atoms with Crippen LogP contribution in [-0.2, 0) is 11.3 Å². The monoisotopic (exact) mass is 376 g/mol. The lowest BCUT2D eigenvalue weighted by atomic mass is 10.1. The molecule has 0 spiro atoms. The number of aryl methyl sites for hydroxylation is 1. The lowest BCUT2D eigenvalue weighted by Crippen LogP contribution is -2.36. The Labute approximate surface area is 164 Å². The molecule has 2 N–H and O–H groups in total. The highest BCUT2D eigenvalue weighted by Crippen LogP contribution is 2.28. The highest BCUT2D eigenvalue weighted by Gasteiger charge is 2.15. The molecule has 0 bridgehead atoms. The molecule has 0 saturated carbocycles. The van der Waals surface area contributed by atoms with Crippen molar-refractivity contribution in [3.8, 4) is 0 Å². The lowest BCUT2D eigenvalue weighted by Gasteiger charge is -2.30. The van der Waals surface area contributed by atoms with E-state index in [1.54, 1.807) is 6.20 Å². The van der Waals surface area contributed by atoms with Crippen LogP contribution in [0.4, 0.5) is 23.1 Å². The van der Waals surface area contributed by atoms with Crippen LogP contribution in [0.1, 0.15) is 11.1 Å². The Morgan fingerprint density at radius 3 is 2.68 bits per heavy atom. The standard InChI is InChI=1S/C21H24N6O/c1-16-6-2-3-7-17(16)14-22-21-25-20(15-23-26-21)24-18-8-4-5-9-19(18)27-10-12-28-13-11-27/h2-9,15H,10-14H2,1H3,(H2,22,24,25,26). The molecule has 0 aliphatic carbocycles. The van der Waals surface area contributed by atoms with Crippen LogP contribution in [0.15, 0.2) is 54.7 Å². The molecule has 0 unspecified atom stereocenters. The van der Waals surface area contributed by atoms with Crippen LogP contribution in [0, 0.1) is 6.92 Å². The number of aromatic nitrogens is 3. The van der Waals surface area contributed by atoms with E-state index in [1.165, 1.54) is 11.1 Å². The van der Waals surface area contributed by atoms with Crippen LogP contribution in [0.3, 0.4) is 0 Å². The van der Waals surface area contributed by atoms with Gasteiger partial charge >= 0.3 is 0 Å². The zero-order valence-electron chi connectivity index (χ0n) is 15.9. The molecule has 1 aliphatic heterocycles. The highest BCUT2D eigenvalue weighted by atomic mass is 16.5. The van der Waals surface area contributed by atoms with Gasteiger partial charge in [0.1, 0.15) is 0 Å². The van der Waals surface area contributed by atoms with E-state index in [0.29, 0.717) is 18.3 Å². The van der Waals surface area contributed by atoms with E-state index in [2.05, 4.69) is 55.8 Å². The minimum absolute atomic E-state index is 0.497. The highest BCUT2D eigenvalue weighted by molar-refractivity contribution is 5.74. The fourth-order valence-electron chi connectivity index (χ4n) is 3.22. The van der Waals surface area contributed by atoms with Crippen molar-refractivity contribution in [2.75, 3.05) is 41.8 Å². The summed E-state index contributed by atoms with van der Waals surface area (Å²) in [5, 5.41) is 14.8. The maximum absolute atomic E-state index is 5.47. The fraction of sp³-hybridized carbons (Fsp3) is 0.286. The molecule has 1 aromatic heterocycles. The molecule has 28 heavy (non-hydrogen) atoms. The summed E-state index contributed by atoms with van der Waals surface area (Å²) in [6.07, 6.45) is 1.63. The first-order valence-electron chi connectivity index (χ1n) is 9.46. The molecule has 1 saturated heterocycles. The van der Waals surface area contributed by atoms with Crippen LogP contribution in [0.2, 0.25) is 0 Å². The Morgan fingerprint density at radius 2 is 1.82 bits per heavy atom. The van der Waals surface area contributed by atoms with Crippen LogP contribution < -0.4 is 15.5 Å². The third kappa shape index (κ3) is 4.37. The summed E-state index contributed by atoms with van der Waals surface area (Å²) in [5.74, 6) is 1.15.